The van der Waals surface area contributed by atoms with Crippen molar-refractivity contribution in [3.05, 3.63) is 23.4 Å². The summed E-state index contributed by atoms with van der Waals surface area (Å²) in [5.41, 5.74) is 2.07. The molecule has 1 aromatic heterocycles. The second-order valence-corrected chi connectivity index (χ2v) is 5.47. The number of piperidine rings is 1. The van der Waals surface area contributed by atoms with Gasteiger partial charge in [-0.15, -0.1) is 0 Å². The van der Waals surface area contributed by atoms with E-state index in [1.54, 1.807) is 0 Å². The zero-order valence-corrected chi connectivity index (χ0v) is 12.2. The third-order valence-electron chi connectivity index (χ3n) is 4.01. The Balaban J connectivity index is 2.26. The summed E-state index contributed by atoms with van der Waals surface area (Å²) in [6, 6.07) is 4.71. The zero-order chi connectivity index (χ0) is 13.7. The Kier molecular flexibility index (Phi) is 5.20. The number of nitrogens with zero attached hydrogens (tertiary/aromatic N) is 2. The lowest BCUT2D eigenvalue weighted by Gasteiger charge is -2.37. The standard InChI is InChI=1S/C16H26N2O/c1-3-7-15-8-5-6-9-18(15)16-11-13(12-19)10-14(4-2)17-16/h10-11,15,19H,3-9,12H2,1-2H3. The van der Waals surface area contributed by atoms with Crippen molar-refractivity contribution in [1.82, 2.24) is 4.98 Å². The third-order valence-corrected chi connectivity index (χ3v) is 4.01. The minimum atomic E-state index is 0.106. The maximum atomic E-state index is 9.40. The van der Waals surface area contributed by atoms with E-state index < -0.39 is 0 Å². The van der Waals surface area contributed by atoms with Crippen LogP contribution in [-0.4, -0.2) is 22.7 Å². The van der Waals surface area contributed by atoms with Crippen molar-refractivity contribution in [1.29, 1.82) is 0 Å². The largest absolute Gasteiger partial charge is 0.392 e. The molecule has 1 atom stereocenters. The van der Waals surface area contributed by atoms with Gasteiger partial charge in [-0.05, 0) is 49.8 Å². The first-order valence-corrected chi connectivity index (χ1v) is 7.65. The molecule has 1 aliphatic rings. The molecule has 1 saturated heterocycles. The molecule has 2 rings (SSSR count). The molecule has 0 spiro atoms. The van der Waals surface area contributed by atoms with Gasteiger partial charge in [-0.25, -0.2) is 4.98 Å². The average molecular weight is 262 g/mol. The molecule has 0 amide bonds. The molecule has 19 heavy (non-hydrogen) atoms. The van der Waals surface area contributed by atoms with Crippen molar-refractivity contribution in [3.63, 3.8) is 0 Å². The maximum absolute atomic E-state index is 9.40. The molecular formula is C16H26N2O. The molecule has 1 fully saturated rings. The van der Waals surface area contributed by atoms with Gasteiger partial charge in [0.2, 0.25) is 0 Å². The molecule has 0 bridgehead atoms. The van der Waals surface area contributed by atoms with Crippen LogP contribution >= 0.6 is 0 Å². The Hall–Kier alpha value is -1.09. The van der Waals surface area contributed by atoms with Gasteiger partial charge in [-0.3, -0.25) is 0 Å². The number of hydrogen-bond donors (Lipinski definition) is 1. The minimum Gasteiger partial charge on any atom is -0.392 e. The highest BCUT2D eigenvalue weighted by Gasteiger charge is 2.23. The first-order valence-electron chi connectivity index (χ1n) is 7.65. The Morgan fingerprint density at radius 2 is 2.16 bits per heavy atom. The fourth-order valence-electron chi connectivity index (χ4n) is 2.99. The van der Waals surface area contributed by atoms with Gasteiger partial charge in [0.15, 0.2) is 0 Å². The van der Waals surface area contributed by atoms with E-state index in [1.807, 2.05) is 6.07 Å². The van der Waals surface area contributed by atoms with Crippen LogP contribution in [-0.2, 0) is 13.0 Å². The molecule has 0 aliphatic carbocycles. The SMILES string of the molecule is CCCC1CCCCN1c1cc(CO)cc(CC)n1. The quantitative estimate of drug-likeness (QED) is 0.884. The first-order chi connectivity index (χ1) is 9.28. The topological polar surface area (TPSA) is 36.4 Å². The van der Waals surface area contributed by atoms with Crippen LogP contribution in [0.2, 0.25) is 0 Å². The lowest BCUT2D eigenvalue weighted by atomic mass is 9.98. The number of rotatable bonds is 5. The molecule has 106 valence electrons. The van der Waals surface area contributed by atoms with Gasteiger partial charge < -0.3 is 10.0 Å². The highest BCUT2D eigenvalue weighted by Crippen LogP contribution is 2.27. The molecule has 0 saturated carbocycles. The van der Waals surface area contributed by atoms with Crippen molar-refractivity contribution in [3.8, 4) is 0 Å². The molecule has 3 nitrogen and oxygen atoms in total. The normalized spacial score (nSPS) is 19.7. The number of aliphatic hydroxyl groups is 1. The molecular weight excluding hydrogens is 236 g/mol. The van der Waals surface area contributed by atoms with Gasteiger partial charge in [-0.1, -0.05) is 20.3 Å². The van der Waals surface area contributed by atoms with Gasteiger partial charge in [0, 0.05) is 18.3 Å². The third kappa shape index (κ3) is 3.47. The Bertz CT molecular complexity index is 381. The fourth-order valence-corrected chi connectivity index (χ4v) is 2.99. The van der Waals surface area contributed by atoms with Crippen molar-refractivity contribution < 1.29 is 5.11 Å². The molecule has 1 aliphatic heterocycles. The molecule has 1 unspecified atom stereocenters. The van der Waals surface area contributed by atoms with Gasteiger partial charge in [-0.2, -0.15) is 0 Å². The van der Waals surface area contributed by atoms with Crippen LogP contribution in [0, 0.1) is 0 Å². The van der Waals surface area contributed by atoms with Crippen LogP contribution in [0.15, 0.2) is 12.1 Å². The predicted molar refractivity (Wildman–Crippen MR) is 79.4 cm³/mol. The van der Waals surface area contributed by atoms with Crippen molar-refractivity contribution >= 4 is 5.82 Å². The summed E-state index contributed by atoms with van der Waals surface area (Å²) in [6.07, 6.45) is 7.26. The van der Waals surface area contributed by atoms with E-state index in [1.165, 1.54) is 32.1 Å². The highest BCUT2D eigenvalue weighted by atomic mass is 16.3. The summed E-state index contributed by atoms with van der Waals surface area (Å²) in [6.45, 7) is 5.58. The summed E-state index contributed by atoms with van der Waals surface area (Å²) in [5.74, 6) is 1.07. The number of pyridine rings is 1. The van der Waals surface area contributed by atoms with E-state index in [-0.39, 0.29) is 6.61 Å². The summed E-state index contributed by atoms with van der Waals surface area (Å²) in [7, 11) is 0. The Morgan fingerprint density at radius 1 is 1.32 bits per heavy atom. The minimum absolute atomic E-state index is 0.106. The number of aliphatic hydroxyl groups excluding tert-OH is 1. The van der Waals surface area contributed by atoms with Gasteiger partial charge in [0.05, 0.1) is 6.61 Å². The lowest BCUT2D eigenvalue weighted by molar-refractivity contribution is 0.281. The number of anilines is 1. The van der Waals surface area contributed by atoms with Crippen LogP contribution in [0.4, 0.5) is 5.82 Å². The number of aryl methyl sites for hydroxylation is 1. The van der Waals surface area contributed by atoms with Gasteiger partial charge in [0.1, 0.15) is 5.82 Å². The monoisotopic (exact) mass is 262 g/mol. The second kappa shape index (κ2) is 6.90. The van der Waals surface area contributed by atoms with Crippen LogP contribution in [0.3, 0.4) is 0 Å². The maximum Gasteiger partial charge on any atom is 0.129 e. The van der Waals surface area contributed by atoms with Gasteiger partial charge >= 0.3 is 0 Å². The second-order valence-electron chi connectivity index (χ2n) is 5.47. The molecule has 1 N–H and O–H groups in total. The Morgan fingerprint density at radius 3 is 2.84 bits per heavy atom. The molecule has 0 radical (unpaired) electrons. The van der Waals surface area contributed by atoms with E-state index in [4.69, 9.17) is 4.98 Å². The van der Waals surface area contributed by atoms with Crippen LogP contribution in [0.25, 0.3) is 0 Å². The molecule has 0 aromatic carbocycles. The number of aromatic nitrogens is 1. The van der Waals surface area contributed by atoms with E-state index in [0.29, 0.717) is 6.04 Å². The summed E-state index contributed by atoms with van der Waals surface area (Å²) in [4.78, 5) is 7.23. The molecule has 1 aromatic rings. The zero-order valence-electron chi connectivity index (χ0n) is 12.2. The molecule has 3 heteroatoms. The first kappa shape index (κ1) is 14.3. The summed E-state index contributed by atoms with van der Waals surface area (Å²) < 4.78 is 0. The predicted octanol–water partition coefficient (Wildman–Crippen LogP) is 3.30. The number of hydrogen-bond acceptors (Lipinski definition) is 3. The van der Waals surface area contributed by atoms with Crippen molar-refractivity contribution in [2.45, 2.75) is 65.0 Å². The van der Waals surface area contributed by atoms with Gasteiger partial charge in [0.25, 0.3) is 0 Å². The Labute approximate surface area is 116 Å². The van der Waals surface area contributed by atoms with Crippen LogP contribution in [0.5, 0.6) is 0 Å². The van der Waals surface area contributed by atoms with Crippen LogP contribution in [0.1, 0.15) is 57.2 Å². The highest BCUT2D eigenvalue weighted by molar-refractivity contribution is 5.44. The van der Waals surface area contributed by atoms with Crippen molar-refractivity contribution in [2.75, 3.05) is 11.4 Å². The van der Waals surface area contributed by atoms with E-state index >= 15 is 0 Å². The smallest absolute Gasteiger partial charge is 0.129 e. The van der Waals surface area contributed by atoms with Crippen LogP contribution < -0.4 is 4.90 Å². The lowest BCUT2D eigenvalue weighted by Crippen LogP contribution is -2.40. The fraction of sp³-hybridized carbons (Fsp3) is 0.688. The van der Waals surface area contributed by atoms with E-state index in [0.717, 1.165) is 30.0 Å². The summed E-state index contributed by atoms with van der Waals surface area (Å²) in [5, 5.41) is 9.40. The van der Waals surface area contributed by atoms with Crippen molar-refractivity contribution in [2.24, 2.45) is 0 Å². The van der Waals surface area contributed by atoms with E-state index in [2.05, 4.69) is 24.8 Å². The molecule has 2 heterocycles. The summed E-state index contributed by atoms with van der Waals surface area (Å²) >= 11 is 0. The van der Waals surface area contributed by atoms with E-state index in [9.17, 15) is 5.11 Å². The average Bonchev–Trinajstić information content (AvgIpc) is 2.47.